The molecule has 2 atom stereocenters. The Morgan fingerprint density at radius 3 is 2.68 bits per heavy atom. The van der Waals surface area contributed by atoms with Crippen molar-refractivity contribution in [3.05, 3.63) is 63.1 Å². The Labute approximate surface area is 176 Å². The number of carbonyl (C=O) groups excluding carboxylic acids is 2. The molecule has 0 bridgehead atoms. The van der Waals surface area contributed by atoms with Crippen LogP contribution in [-0.4, -0.2) is 52.2 Å². The van der Waals surface area contributed by atoms with Gasteiger partial charge in [0.1, 0.15) is 11.6 Å². The van der Waals surface area contributed by atoms with Crippen molar-refractivity contribution >= 4 is 11.8 Å². The van der Waals surface area contributed by atoms with Gasteiger partial charge < -0.3 is 24.6 Å². The molecule has 2 amide bonds. The van der Waals surface area contributed by atoms with Gasteiger partial charge in [0.15, 0.2) is 11.4 Å². The topological polar surface area (TPSA) is 101 Å². The minimum absolute atomic E-state index is 0.00160. The molecule has 1 saturated heterocycles. The van der Waals surface area contributed by atoms with Crippen molar-refractivity contribution in [3.8, 4) is 5.75 Å². The van der Waals surface area contributed by atoms with E-state index < -0.39 is 34.6 Å². The van der Waals surface area contributed by atoms with Crippen LogP contribution in [0.25, 0.3) is 0 Å². The fraction of sp³-hybridized carbons (Fsp3) is 0.381. The molecule has 3 heterocycles. The highest BCUT2D eigenvalue weighted by Crippen LogP contribution is 2.34. The van der Waals surface area contributed by atoms with Gasteiger partial charge in [0, 0.05) is 36.5 Å². The fourth-order valence-corrected chi connectivity index (χ4v) is 4.13. The van der Waals surface area contributed by atoms with Gasteiger partial charge in [-0.3, -0.25) is 14.4 Å². The second kappa shape index (κ2) is 8.10. The largest absolute Gasteiger partial charge is 0.503 e. The highest BCUT2D eigenvalue weighted by molar-refractivity contribution is 5.96. The minimum Gasteiger partial charge on any atom is -0.503 e. The van der Waals surface area contributed by atoms with Crippen LogP contribution in [0.4, 0.5) is 8.78 Å². The summed E-state index contributed by atoms with van der Waals surface area (Å²) in [6.07, 6.45) is 1.03. The molecule has 164 valence electrons. The maximum atomic E-state index is 13.7. The predicted molar refractivity (Wildman–Crippen MR) is 105 cm³/mol. The predicted octanol–water partition coefficient (Wildman–Crippen LogP) is 1.11. The average molecular weight is 433 g/mol. The number of pyridine rings is 1. The number of likely N-dealkylation sites (N-methyl/N-ethyl adjacent to an activating group) is 1. The molecule has 1 aromatic heterocycles. The monoisotopic (exact) mass is 433 g/mol. The van der Waals surface area contributed by atoms with Crippen molar-refractivity contribution in [2.45, 2.75) is 32.0 Å². The van der Waals surface area contributed by atoms with Gasteiger partial charge in [0.2, 0.25) is 11.3 Å². The van der Waals surface area contributed by atoms with Gasteiger partial charge in [-0.1, -0.05) is 6.07 Å². The van der Waals surface area contributed by atoms with Crippen molar-refractivity contribution in [1.82, 2.24) is 14.8 Å². The summed E-state index contributed by atoms with van der Waals surface area (Å²) in [5.41, 5.74) is -0.829. The molecule has 2 unspecified atom stereocenters. The van der Waals surface area contributed by atoms with Crippen molar-refractivity contribution in [3.63, 3.8) is 0 Å². The summed E-state index contributed by atoms with van der Waals surface area (Å²) in [6, 6.07) is 2.50. The summed E-state index contributed by atoms with van der Waals surface area (Å²) in [4.78, 5) is 39.4. The second-order valence-electron chi connectivity index (χ2n) is 7.54. The Kier molecular flexibility index (Phi) is 5.48. The highest BCUT2D eigenvalue weighted by atomic mass is 19.1. The first-order valence-electron chi connectivity index (χ1n) is 9.88. The molecule has 2 aromatic rings. The van der Waals surface area contributed by atoms with E-state index in [1.807, 2.05) is 0 Å². The first-order valence-corrected chi connectivity index (χ1v) is 9.88. The molecular weight excluding hydrogens is 412 g/mol. The molecule has 1 fully saturated rings. The Morgan fingerprint density at radius 1 is 1.23 bits per heavy atom. The standard InChI is InChI=1S/C21H21F2N3O5/c1-2-25-15-9-31-10-16(15)26-8-12(19(28)20(29)18(26)21(25)30)5-17(27)24-7-11-3-4-13(22)6-14(11)23/h3-4,6,8,15-16,29H,2,5,7,9-10H2,1H3,(H,24,27). The summed E-state index contributed by atoms with van der Waals surface area (Å²) in [6.45, 7) is 2.67. The molecule has 0 spiro atoms. The van der Waals surface area contributed by atoms with Crippen molar-refractivity contribution in [1.29, 1.82) is 0 Å². The number of hydrogen-bond acceptors (Lipinski definition) is 5. The zero-order valence-corrected chi connectivity index (χ0v) is 16.7. The smallest absolute Gasteiger partial charge is 0.274 e. The number of halogens is 2. The van der Waals surface area contributed by atoms with E-state index in [0.29, 0.717) is 25.8 Å². The molecule has 0 radical (unpaired) electrons. The zero-order chi connectivity index (χ0) is 22.3. The Morgan fingerprint density at radius 2 is 1.97 bits per heavy atom. The van der Waals surface area contributed by atoms with E-state index in [-0.39, 0.29) is 41.9 Å². The van der Waals surface area contributed by atoms with Gasteiger partial charge in [-0.05, 0) is 13.0 Å². The van der Waals surface area contributed by atoms with E-state index in [0.717, 1.165) is 6.07 Å². The zero-order valence-electron chi connectivity index (χ0n) is 16.7. The Balaban J connectivity index is 1.58. The van der Waals surface area contributed by atoms with Gasteiger partial charge in [0.25, 0.3) is 5.91 Å². The van der Waals surface area contributed by atoms with E-state index in [1.54, 1.807) is 11.8 Å². The highest BCUT2D eigenvalue weighted by Gasteiger charge is 2.44. The molecule has 8 nitrogen and oxygen atoms in total. The van der Waals surface area contributed by atoms with Crippen molar-refractivity contribution < 1.29 is 28.2 Å². The van der Waals surface area contributed by atoms with Crippen LogP contribution in [0.15, 0.2) is 29.2 Å². The van der Waals surface area contributed by atoms with E-state index in [2.05, 4.69) is 5.32 Å². The van der Waals surface area contributed by atoms with Crippen molar-refractivity contribution in [2.75, 3.05) is 19.8 Å². The number of nitrogens with zero attached hydrogens (tertiary/aromatic N) is 2. The van der Waals surface area contributed by atoms with Gasteiger partial charge in [-0.25, -0.2) is 8.78 Å². The van der Waals surface area contributed by atoms with Crippen LogP contribution in [0.1, 0.15) is 34.6 Å². The van der Waals surface area contributed by atoms with Crippen LogP contribution in [0.2, 0.25) is 0 Å². The molecule has 2 N–H and O–H groups in total. The molecule has 10 heteroatoms. The van der Waals surface area contributed by atoms with Crippen LogP contribution in [0.3, 0.4) is 0 Å². The van der Waals surface area contributed by atoms with Gasteiger partial charge in [-0.15, -0.1) is 0 Å². The number of hydrogen-bond donors (Lipinski definition) is 2. The second-order valence-corrected chi connectivity index (χ2v) is 7.54. The minimum atomic E-state index is -0.809. The Hall–Kier alpha value is -3.27. The van der Waals surface area contributed by atoms with Gasteiger partial charge >= 0.3 is 0 Å². The molecule has 0 aliphatic carbocycles. The normalized spacial score (nSPS) is 19.8. The van der Waals surface area contributed by atoms with Gasteiger partial charge in [-0.2, -0.15) is 0 Å². The summed E-state index contributed by atoms with van der Waals surface area (Å²) < 4.78 is 33.8. The van der Waals surface area contributed by atoms with Crippen molar-refractivity contribution in [2.24, 2.45) is 0 Å². The van der Waals surface area contributed by atoms with E-state index in [1.165, 1.54) is 16.8 Å². The lowest BCUT2D eigenvalue weighted by atomic mass is 10.0. The van der Waals surface area contributed by atoms with Crippen LogP contribution >= 0.6 is 0 Å². The number of benzene rings is 1. The SMILES string of the molecule is CCN1C(=O)c2c(O)c(=O)c(CC(=O)NCc3ccc(F)cc3F)cn2C2COCC21. The molecular formula is C21H21F2N3O5. The fourth-order valence-electron chi connectivity index (χ4n) is 4.13. The number of fused-ring (bicyclic) bond motifs is 3. The number of ether oxygens (including phenoxy) is 1. The molecule has 0 saturated carbocycles. The average Bonchev–Trinajstić information content (AvgIpc) is 3.21. The molecule has 4 rings (SSSR count). The maximum absolute atomic E-state index is 13.7. The quantitative estimate of drug-likeness (QED) is 0.736. The summed E-state index contributed by atoms with van der Waals surface area (Å²) in [5, 5.41) is 12.9. The third-order valence-corrected chi connectivity index (χ3v) is 5.71. The maximum Gasteiger partial charge on any atom is 0.274 e. The summed E-state index contributed by atoms with van der Waals surface area (Å²) in [7, 11) is 0. The van der Waals surface area contributed by atoms with Gasteiger partial charge in [0.05, 0.1) is 31.7 Å². The molecule has 1 aromatic carbocycles. The van der Waals surface area contributed by atoms with Crippen LogP contribution in [0.5, 0.6) is 5.75 Å². The molecule has 2 aliphatic heterocycles. The Bertz CT molecular complexity index is 1120. The number of amides is 2. The number of aromatic nitrogens is 1. The number of carbonyl (C=O) groups is 2. The van der Waals surface area contributed by atoms with Crippen LogP contribution in [-0.2, 0) is 22.5 Å². The third-order valence-electron chi connectivity index (χ3n) is 5.71. The first kappa shape index (κ1) is 21.0. The van der Waals surface area contributed by atoms with E-state index in [9.17, 15) is 28.3 Å². The first-order chi connectivity index (χ1) is 14.8. The summed E-state index contributed by atoms with van der Waals surface area (Å²) in [5.74, 6) is -3.28. The lowest BCUT2D eigenvalue weighted by Crippen LogP contribution is -2.51. The lowest BCUT2D eigenvalue weighted by molar-refractivity contribution is -0.120. The van der Waals surface area contributed by atoms with Crippen LogP contribution < -0.4 is 10.7 Å². The summed E-state index contributed by atoms with van der Waals surface area (Å²) >= 11 is 0. The molecule has 2 aliphatic rings. The number of aromatic hydroxyl groups is 1. The third kappa shape index (κ3) is 3.67. The van der Waals surface area contributed by atoms with E-state index in [4.69, 9.17) is 4.74 Å². The van der Waals surface area contributed by atoms with Crippen LogP contribution in [0, 0.1) is 11.6 Å². The lowest BCUT2D eigenvalue weighted by Gasteiger charge is -2.38. The molecule has 31 heavy (non-hydrogen) atoms. The number of nitrogens with one attached hydrogen (secondary N) is 1. The van der Waals surface area contributed by atoms with E-state index >= 15 is 0 Å². The number of rotatable bonds is 5.